The van der Waals surface area contributed by atoms with Crippen molar-refractivity contribution in [1.29, 1.82) is 0 Å². The van der Waals surface area contributed by atoms with Crippen LogP contribution in [0.15, 0.2) is 60.4 Å². The van der Waals surface area contributed by atoms with Crippen LogP contribution in [0.4, 0.5) is 5.69 Å². The molecule has 0 fully saturated rings. The highest BCUT2D eigenvalue weighted by Crippen LogP contribution is 2.19. The first-order valence-corrected chi connectivity index (χ1v) is 8.01. The molecule has 2 heterocycles. The van der Waals surface area contributed by atoms with Crippen LogP contribution in [0.25, 0.3) is 0 Å². The van der Waals surface area contributed by atoms with Gasteiger partial charge in [-0.15, -0.1) is 0 Å². The van der Waals surface area contributed by atoms with Gasteiger partial charge in [0.1, 0.15) is 12.4 Å². The lowest BCUT2D eigenvalue weighted by molar-refractivity contribution is -0.113. The molecule has 5 heteroatoms. The average molecular weight is 323 g/mol. The summed E-state index contributed by atoms with van der Waals surface area (Å²) in [5.41, 5.74) is 2.55. The van der Waals surface area contributed by atoms with Crippen molar-refractivity contribution in [3.05, 3.63) is 66.0 Å². The van der Waals surface area contributed by atoms with Gasteiger partial charge in [0.15, 0.2) is 0 Å². The SMILES string of the molecule is CN1CCC=C(C(=O)Nc2cccc(OCc3cccnc3)c2)C1. The van der Waals surface area contributed by atoms with Crippen LogP contribution in [0.5, 0.6) is 5.75 Å². The number of carbonyl (C=O) groups excluding carboxylic acids is 1. The van der Waals surface area contributed by atoms with Crippen LogP contribution in [0.2, 0.25) is 0 Å². The summed E-state index contributed by atoms with van der Waals surface area (Å²) in [5.74, 6) is 0.664. The van der Waals surface area contributed by atoms with Crippen molar-refractivity contribution in [3.63, 3.8) is 0 Å². The monoisotopic (exact) mass is 323 g/mol. The number of likely N-dealkylation sites (N-methyl/N-ethyl adjacent to an activating group) is 1. The Kier molecular flexibility index (Phi) is 5.23. The third kappa shape index (κ3) is 4.43. The first-order valence-electron chi connectivity index (χ1n) is 8.01. The minimum absolute atomic E-state index is 0.0500. The van der Waals surface area contributed by atoms with Gasteiger partial charge >= 0.3 is 0 Å². The summed E-state index contributed by atoms with van der Waals surface area (Å²) in [6, 6.07) is 11.3. The van der Waals surface area contributed by atoms with E-state index in [1.54, 1.807) is 12.4 Å². The number of amides is 1. The zero-order valence-corrected chi connectivity index (χ0v) is 13.7. The summed E-state index contributed by atoms with van der Waals surface area (Å²) < 4.78 is 5.76. The molecule has 1 aliphatic heterocycles. The van der Waals surface area contributed by atoms with Crippen LogP contribution in [0.1, 0.15) is 12.0 Å². The summed E-state index contributed by atoms with van der Waals surface area (Å²) in [6.45, 7) is 2.12. The number of rotatable bonds is 5. The first-order chi connectivity index (χ1) is 11.7. The summed E-state index contributed by atoms with van der Waals surface area (Å²) in [4.78, 5) is 18.6. The van der Waals surface area contributed by atoms with E-state index in [0.717, 1.165) is 29.8 Å². The molecule has 0 aliphatic carbocycles. The summed E-state index contributed by atoms with van der Waals surface area (Å²) >= 11 is 0. The van der Waals surface area contributed by atoms with E-state index in [4.69, 9.17) is 4.74 Å². The fourth-order valence-electron chi connectivity index (χ4n) is 2.58. The predicted molar refractivity (Wildman–Crippen MR) is 93.8 cm³/mol. The lowest BCUT2D eigenvalue weighted by Crippen LogP contribution is -2.30. The average Bonchev–Trinajstić information content (AvgIpc) is 2.61. The van der Waals surface area contributed by atoms with Crippen LogP contribution in [-0.4, -0.2) is 35.9 Å². The Labute approximate surface area is 142 Å². The lowest BCUT2D eigenvalue weighted by Gasteiger charge is -2.22. The van der Waals surface area contributed by atoms with Gasteiger partial charge in [-0.05, 0) is 31.7 Å². The Morgan fingerprint density at radius 3 is 3.04 bits per heavy atom. The molecule has 1 aromatic heterocycles. The van der Waals surface area contributed by atoms with Gasteiger partial charge in [0.05, 0.1) is 0 Å². The molecule has 0 saturated heterocycles. The fourth-order valence-corrected chi connectivity index (χ4v) is 2.58. The number of ether oxygens (including phenoxy) is 1. The molecule has 24 heavy (non-hydrogen) atoms. The molecular weight excluding hydrogens is 302 g/mol. The van der Waals surface area contributed by atoms with Crippen LogP contribution < -0.4 is 10.1 Å². The van der Waals surface area contributed by atoms with Crippen molar-refractivity contribution in [2.45, 2.75) is 13.0 Å². The molecule has 0 bridgehead atoms. The standard InChI is InChI=1S/C19H21N3O2/c1-22-10-4-6-16(13-22)19(23)21-17-7-2-8-18(11-17)24-14-15-5-3-9-20-12-15/h2-3,5-9,11-12H,4,10,13-14H2,1H3,(H,21,23). The second kappa shape index (κ2) is 7.75. The van der Waals surface area contributed by atoms with Crippen LogP contribution in [0.3, 0.4) is 0 Å². The van der Waals surface area contributed by atoms with Crippen molar-refractivity contribution in [1.82, 2.24) is 9.88 Å². The van der Waals surface area contributed by atoms with Gasteiger partial charge in [-0.25, -0.2) is 0 Å². The van der Waals surface area contributed by atoms with Crippen LogP contribution in [0, 0.1) is 0 Å². The second-order valence-corrected chi connectivity index (χ2v) is 5.89. The van der Waals surface area contributed by atoms with Gasteiger partial charge in [-0.2, -0.15) is 0 Å². The first kappa shape index (κ1) is 16.2. The molecule has 124 valence electrons. The van der Waals surface area contributed by atoms with E-state index in [1.165, 1.54) is 0 Å². The molecule has 3 rings (SSSR count). The summed E-state index contributed by atoms with van der Waals surface area (Å²) in [5, 5.41) is 2.94. The van der Waals surface area contributed by atoms with Crippen molar-refractivity contribution in [3.8, 4) is 5.75 Å². The van der Waals surface area contributed by atoms with Gasteiger partial charge in [0, 0.05) is 48.4 Å². The third-order valence-electron chi connectivity index (χ3n) is 3.85. The summed E-state index contributed by atoms with van der Waals surface area (Å²) in [7, 11) is 2.02. The molecule has 5 nitrogen and oxygen atoms in total. The maximum atomic E-state index is 12.3. The molecule has 1 aromatic carbocycles. The molecule has 0 saturated carbocycles. The van der Waals surface area contributed by atoms with E-state index in [2.05, 4.69) is 15.2 Å². The number of nitrogens with one attached hydrogen (secondary N) is 1. The van der Waals surface area contributed by atoms with Crippen molar-refractivity contribution in [2.24, 2.45) is 0 Å². The number of anilines is 1. The highest BCUT2D eigenvalue weighted by atomic mass is 16.5. The fraction of sp³-hybridized carbons (Fsp3) is 0.263. The number of benzene rings is 1. The van der Waals surface area contributed by atoms with E-state index in [1.807, 2.05) is 49.5 Å². The number of aromatic nitrogens is 1. The largest absolute Gasteiger partial charge is 0.489 e. The van der Waals surface area contributed by atoms with E-state index < -0.39 is 0 Å². The highest BCUT2D eigenvalue weighted by Gasteiger charge is 2.15. The van der Waals surface area contributed by atoms with E-state index in [9.17, 15) is 4.79 Å². The Bertz CT molecular complexity index is 728. The zero-order chi connectivity index (χ0) is 16.8. The Morgan fingerprint density at radius 2 is 2.25 bits per heavy atom. The number of carbonyl (C=O) groups is 1. The maximum absolute atomic E-state index is 12.3. The lowest BCUT2D eigenvalue weighted by atomic mass is 10.1. The number of nitrogens with zero attached hydrogens (tertiary/aromatic N) is 2. The van der Waals surface area contributed by atoms with Crippen LogP contribution >= 0.6 is 0 Å². The Balaban J connectivity index is 1.60. The minimum atomic E-state index is -0.0500. The molecule has 1 N–H and O–H groups in total. The third-order valence-corrected chi connectivity index (χ3v) is 3.85. The minimum Gasteiger partial charge on any atom is -0.489 e. The van der Waals surface area contributed by atoms with Gasteiger partial charge in [0.2, 0.25) is 0 Å². The van der Waals surface area contributed by atoms with Crippen molar-refractivity contribution >= 4 is 11.6 Å². The quantitative estimate of drug-likeness (QED) is 0.919. The molecule has 1 amide bonds. The molecule has 0 spiro atoms. The second-order valence-electron chi connectivity index (χ2n) is 5.89. The van der Waals surface area contributed by atoms with E-state index in [0.29, 0.717) is 18.9 Å². The van der Waals surface area contributed by atoms with E-state index in [-0.39, 0.29) is 5.91 Å². The normalized spacial score (nSPS) is 14.8. The van der Waals surface area contributed by atoms with Crippen molar-refractivity contribution in [2.75, 3.05) is 25.5 Å². The van der Waals surface area contributed by atoms with Gasteiger partial charge in [-0.1, -0.05) is 18.2 Å². The van der Waals surface area contributed by atoms with Gasteiger partial charge in [-0.3, -0.25) is 9.78 Å². The Morgan fingerprint density at radius 1 is 1.33 bits per heavy atom. The number of hydrogen-bond acceptors (Lipinski definition) is 4. The topological polar surface area (TPSA) is 54.5 Å². The van der Waals surface area contributed by atoms with Crippen molar-refractivity contribution < 1.29 is 9.53 Å². The molecule has 0 radical (unpaired) electrons. The van der Waals surface area contributed by atoms with Crippen LogP contribution in [-0.2, 0) is 11.4 Å². The molecule has 1 aliphatic rings. The number of pyridine rings is 1. The van der Waals surface area contributed by atoms with E-state index >= 15 is 0 Å². The zero-order valence-electron chi connectivity index (χ0n) is 13.7. The molecule has 0 atom stereocenters. The highest BCUT2D eigenvalue weighted by molar-refractivity contribution is 6.04. The van der Waals surface area contributed by atoms with Gasteiger partial charge in [0.25, 0.3) is 5.91 Å². The molecule has 0 unspecified atom stereocenters. The Hall–Kier alpha value is -2.66. The molecule has 2 aromatic rings. The number of hydrogen-bond donors (Lipinski definition) is 1. The van der Waals surface area contributed by atoms with Gasteiger partial charge < -0.3 is 15.0 Å². The molecular formula is C19H21N3O2. The smallest absolute Gasteiger partial charge is 0.252 e. The summed E-state index contributed by atoms with van der Waals surface area (Å²) in [6.07, 6.45) is 6.43. The maximum Gasteiger partial charge on any atom is 0.252 e. The predicted octanol–water partition coefficient (Wildman–Crippen LogP) is 2.86.